The minimum absolute atomic E-state index is 0.164. The number of carbonyl (C=O) groups excluding carboxylic acids is 2. The van der Waals surface area contributed by atoms with Gasteiger partial charge in [-0.05, 0) is 18.2 Å². The minimum Gasteiger partial charge on any atom is -0.491 e. The second-order valence-electron chi connectivity index (χ2n) is 4.92. The van der Waals surface area contributed by atoms with Gasteiger partial charge in [-0.3, -0.25) is 9.59 Å². The van der Waals surface area contributed by atoms with Crippen LogP contribution in [0, 0.1) is 0 Å². The summed E-state index contributed by atoms with van der Waals surface area (Å²) in [5.74, 6) is 0.405. The summed E-state index contributed by atoms with van der Waals surface area (Å²) >= 11 is 5.99. The molecule has 0 atom stereocenters. The number of rotatable bonds is 1. The summed E-state index contributed by atoms with van der Waals surface area (Å²) in [6, 6.07) is 5.37. The van der Waals surface area contributed by atoms with Crippen molar-refractivity contribution in [3.63, 3.8) is 0 Å². The summed E-state index contributed by atoms with van der Waals surface area (Å²) in [6.07, 6.45) is 0.655. The van der Waals surface area contributed by atoms with Crippen LogP contribution >= 0.6 is 11.6 Å². The van der Waals surface area contributed by atoms with E-state index in [1.165, 1.54) is 0 Å². The van der Waals surface area contributed by atoms with E-state index in [-0.39, 0.29) is 18.2 Å². The molecular weight excluding hydrogens is 294 g/mol. The number of fused-ring (bicyclic) bond motifs is 1. The van der Waals surface area contributed by atoms with Crippen molar-refractivity contribution in [2.75, 3.05) is 13.2 Å². The zero-order chi connectivity index (χ0) is 14.8. The van der Waals surface area contributed by atoms with Crippen LogP contribution in [0.1, 0.15) is 18.4 Å². The molecule has 2 heterocycles. The van der Waals surface area contributed by atoms with Crippen LogP contribution in [0.5, 0.6) is 5.75 Å². The van der Waals surface area contributed by atoms with E-state index in [1.807, 2.05) is 6.07 Å². The first-order valence-corrected chi connectivity index (χ1v) is 7.07. The first kappa shape index (κ1) is 13.9. The fourth-order valence-corrected chi connectivity index (χ4v) is 2.54. The average Bonchev–Trinajstić information content (AvgIpc) is 2.69. The summed E-state index contributed by atoms with van der Waals surface area (Å²) in [4.78, 5) is 25.2. The van der Waals surface area contributed by atoms with Crippen LogP contribution < -0.4 is 10.2 Å². The van der Waals surface area contributed by atoms with Crippen molar-refractivity contribution in [3.05, 3.63) is 28.8 Å². The van der Waals surface area contributed by atoms with Crippen LogP contribution in [0.15, 0.2) is 23.3 Å². The van der Waals surface area contributed by atoms with Gasteiger partial charge in [0.05, 0.1) is 6.54 Å². The lowest BCUT2D eigenvalue weighted by molar-refractivity contribution is -0.125. The van der Waals surface area contributed by atoms with Gasteiger partial charge in [0.1, 0.15) is 18.1 Å². The fourth-order valence-electron chi connectivity index (χ4n) is 2.35. The first-order chi connectivity index (χ1) is 10.1. The summed E-state index contributed by atoms with van der Waals surface area (Å²) in [6.45, 7) is 1.31. The van der Waals surface area contributed by atoms with Gasteiger partial charge in [0, 0.05) is 30.0 Å². The largest absolute Gasteiger partial charge is 0.491 e. The second-order valence-corrected chi connectivity index (χ2v) is 5.36. The molecule has 0 bridgehead atoms. The molecule has 3 rings (SSSR count). The van der Waals surface area contributed by atoms with Gasteiger partial charge in [-0.1, -0.05) is 11.6 Å². The molecule has 0 spiro atoms. The molecule has 1 N–H and O–H groups in total. The fraction of sp³-hybridized carbons (Fsp3) is 0.357. The van der Waals surface area contributed by atoms with Gasteiger partial charge < -0.3 is 9.64 Å². The predicted octanol–water partition coefficient (Wildman–Crippen LogP) is 1.33. The molecule has 0 aliphatic carbocycles. The Hall–Kier alpha value is -2.08. The number of nitrogens with one attached hydrogen (secondary N) is 1. The molecule has 21 heavy (non-hydrogen) atoms. The molecular formula is C14H14ClN3O3. The maximum atomic E-state index is 12.5. The van der Waals surface area contributed by atoms with Crippen molar-refractivity contribution in [2.24, 2.45) is 5.10 Å². The number of hydrogen-bond acceptors (Lipinski definition) is 4. The molecule has 0 saturated carbocycles. The average molecular weight is 308 g/mol. The van der Waals surface area contributed by atoms with Crippen molar-refractivity contribution in [1.82, 2.24) is 10.3 Å². The van der Waals surface area contributed by atoms with Gasteiger partial charge in [-0.15, -0.1) is 0 Å². The third kappa shape index (κ3) is 3.00. The highest BCUT2D eigenvalue weighted by Crippen LogP contribution is 2.26. The van der Waals surface area contributed by atoms with E-state index < -0.39 is 0 Å². The lowest BCUT2D eigenvalue weighted by atomic mass is 10.1. The van der Waals surface area contributed by atoms with Crippen molar-refractivity contribution >= 4 is 29.1 Å². The van der Waals surface area contributed by atoms with Crippen LogP contribution in [0.25, 0.3) is 0 Å². The number of amides is 2. The molecule has 6 nitrogen and oxygen atoms in total. The Balaban J connectivity index is 1.80. The Labute approximate surface area is 126 Å². The van der Waals surface area contributed by atoms with E-state index in [1.54, 1.807) is 17.0 Å². The highest BCUT2D eigenvalue weighted by molar-refractivity contribution is 6.39. The van der Waals surface area contributed by atoms with Crippen molar-refractivity contribution in [2.45, 2.75) is 19.4 Å². The summed E-state index contributed by atoms with van der Waals surface area (Å²) in [7, 11) is 0. The molecule has 1 aromatic carbocycles. The Morgan fingerprint density at radius 3 is 3.00 bits per heavy atom. The maximum absolute atomic E-state index is 12.5. The van der Waals surface area contributed by atoms with E-state index in [0.29, 0.717) is 36.9 Å². The maximum Gasteiger partial charge on any atom is 0.270 e. The molecule has 2 aliphatic rings. The third-order valence-corrected chi connectivity index (χ3v) is 3.68. The van der Waals surface area contributed by atoms with E-state index in [4.69, 9.17) is 16.3 Å². The molecule has 0 saturated heterocycles. The zero-order valence-corrected chi connectivity index (χ0v) is 12.0. The van der Waals surface area contributed by atoms with Gasteiger partial charge in [-0.25, -0.2) is 5.43 Å². The smallest absolute Gasteiger partial charge is 0.270 e. The highest BCUT2D eigenvalue weighted by Gasteiger charge is 2.26. The Bertz CT molecular complexity index is 630. The standard InChI is InChI=1S/C14H14ClN3O3/c15-10-1-3-12-9(7-10)8-18(5-6-21-12)14(20)11-2-4-13(19)17-16-11/h1,3,7H,2,4-6,8H2,(H,17,19). The SMILES string of the molecule is O=C1CCC(C(=O)N2CCOc3ccc(Cl)cc3C2)=NN1. The molecule has 0 radical (unpaired) electrons. The molecule has 2 aliphatic heterocycles. The van der Waals surface area contributed by atoms with Crippen LogP contribution in [0.4, 0.5) is 0 Å². The van der Waals surface area contributed by atoms with Crippen LogP contribution in [-0.4, -0.2) is 35.6 Å². The molecule has 2 amide bonds. The Kier molecular flexibility index (Phi) is 3.79. The summed E-state index contributed by atoms with van der Waals surface area (Å²) < 4.78 is 5.63. The van der Waals surface area contributed by atoms with E-state index in [9.17, 15) is 9.59 Å². The van der Waals surface area contributed by atoms with E-state index >= 15 is 0 Å². The number of carbonyl (C=O) groups is 2. The Morgan fingerprint density at radius 2 is 2.24 bits per heavy atom. The molecule has 7 heteroatoms. The molecule has 1 aromatic rings. The molecule has 0 unspecified atom stereocenters. The van der Waals surface area contributed by atoms with Crippen LogP contribution in [0.3, 0.4) is 0 Å². The molecule has 0 aromatic heterocycles. The number of halogens is 1. The van der Waals surface area contributed by atoms with Crippen molar-refractivity contribution < 1.29 is 14.3 Å². The van der Waals surface area contributed by atoms with Crippen molar-refractivity contribution in [1.29, 1.82) is 0 Å². The van der Waals surface area contributed by atoms with Gasteiger partial charge in [0.2, 0.25) is 5.91 Å². The minimum atomic E-state index is -0.175. The highest BCUT2D eigenvalue weighted by atomic mass is 35.5. The Morgan fingerprint density at radius 1 is 1.38 bits per heavy atom. The first-order valence-electron chi connectivity index (χ1n) is 6.69. The number of hydrazone groups is 1. The monoisotopic (exact) mass is 307 g/mol. The lowest BCUT2D eigenvalue weighted by Gasteiger charge is -2.22. The molecule has 110 valence electrons. The number of nitrogens with zero attached hydrogens (tertiary/aromatic N) is 2. The number of hydrogen-bond donors (Lipinski definition) is 1. The lowest BCUT2D eigenvalue weighted by Crippen LogP contribution is -2.40. The topological polar surface area (TPSA) is 71.0 Å². The van der Waals surface area contributed by atoms with Crippen LogP contribution in [0.2, 0.25) is 5.02 Å². The van der Waals surface area contributed by atoms with Gasteiger partial charge in [0.15, 0.2) is 0 Å². The summed E-state index contributed by atoms with van der Waals surface area (Å²) in [5, 5.41) is 4.45. The van der Waals surface area contributed by atoms with Crippen molar-refractivity contribution in [3.8, 4) is 5.75 Å². The predicted molar refractivity (Wildman–Crippen MR) is 77.2 cm³/mol. The third-order valence-electron chi connectivity index (χ3n) is 3.44. The zero-order valence-electron chi connectivity index (χ0n) is 11.3. The van der Waals surface area contributed by atoms with E-state index in [0.717, 1.165) is 11.3 Å². The second kappa shape index (κ2) is 5.73. The summed E-state index contributed by atoms with van der Waals surface area (Å²) in [5.41, 5.74) is 3.59. The van der Waals surface area contributed by atoms with Crippen LogP contribution in [-0.2, 0) is 16.1 Å². The molecule has 0 fully saturated rings. The van der Waals surface area contributed by atoms with Gasteiger partial charge in [0.25, 0.3) is 5.91 Å². The van der Waals surface area contributed by atoms with Gasteiger partial charge in [-0.2, -0.15) is 5.10 Å². The van der Waals surface area contributed by atoms with Gasteiger partial charge >= 0.3 is 0 Å². The number of benzene rings is 1. The quantitative estimate of drug-likeness (QED) is 0.851. The number of ether oxygens (including phenoxy) is 1. The normalized spacial score (nSPS) is 18.0. The van der Waals surface area contributed by atoms with E-state index in [2.05, 4.69) is 10.5 Å².